The number of aromatic hydroxyl groups is 3. The number of hydrogen-bond donors (Lipinski definition) is 7. The number of carbonyl (C=O) groups is 3. The Labute approximate surface area is 357 Å². The summed E-state index contributed by atoms with van der Waals surface area (Å²) in [5.74, 6) is -8.32. The molecule has 2 aromatic carbocycles. The number of rotatable bonds is 5. The number of hydrazone groups is 1. The smallest absolute Gasteiger partial charge is 0.312 e. The number of esters is 1. The van der Waals surface area contributed by atoms with Crippen molar-refractivity contribution in [2.75, 3.05) is 12.4 Å². The molecule has 2 aromatic rings. The monoisotopic (exact) mass is 849 g/mol. The minimum Gasteiger partial charge on any atom is -0.507 e. The molecule has 5 bridgehead atoms. The number of phenols is 3. The summed E-state index contributed by atoms with van der Waals surface area (Å²) in [7, 11) is 1.44. The van der Waals surface area contributed by atoms with Gasteiger partial charge in [-0.05, 0) is 32.8 Å². The van der Waals surface area contributed by atoms with Crippen LogP contribution in [0.5, 0.6) is 23.0 Å². The summed E-state index contributed by atoms with van der Waals surface area (Å²) in [6.07, 6.45) is 12.1. The van der Waals surface area contributed by atoms with Crippen LogP contribution in [0, 0.1) is 30.6 Å². The summed E-state index contributed by atoms with van der Waals surface area (Å²) in [5.41, 5.74) is 2.81. The fourth-order valence-electron chi connectivity index (χ4n) is 8.67. The van der Waals surface area contributed by atoms with Crippen LogP contribution >= 0.6 is 0 Å². The molecule has 0 spiro atoms. The van der Waals surface area contributed by atoms with Gasteiger partial charge in [0.05, 0.1) is 53.0 Å². The van der Waals surface area contributed by atoms with Crippen molar-refractivity contribution < 1.29 is 58.9 Å². The van der Waals surface area contributed by atoms with Gasteiger partial charge >= 0.3 is 11.8 Å². The van der Waals surface area contributed by atoms with E-state index in [4.69, 9.17) is 18.9 Å². The molecular weight excluding hydrogens is 787 g/mol. The lowest BCUT2D eigenvalue weighted by Crippen LogP contribution is -2.46. The summed E-state index contributed by atoms with van der Waals surface area (Å²) < 4.78 is 23.7. The van der Waals surface area contributed by atoms with E-state index in [0.29, 0.717) is 0 Å². The SMILES string of the molecule is COC1/C=C/OC2(C)Oc3c(C)c(O)c4c(O)c(c(/C=N/NC5CCCCCCC5)c(O)c4c3C2=O)NC(=O)/C(C)=C\C=C\C(C)C(O)C(C)C(O)C(C)C(OC(C)=O)C1C. The average molecular weight is 850 g/mol. The number of allylic oxidation sites excluding steroid dienone is 2. The van der Waals surface area contributed by atoms with Crippen molar-refractivity contribution >= 4 is 40.3 Å². The highest BCUT2D eigenvalue weighted by Crippen LogP contribution is 2.55. The molecule has 9 unspecified atom stereocenters. The van der Waals surface area contributed by atoms with Crippen LogP contribution < -0.4 is 15.5 Å². The number of ketones is 1. The van der Waals surface area contributed by atoms with E-state index in [1.54, 1.807) is 39.8 Å². The van der Waals surface area contributed by atoms with E-state index in [9.17, 15) is 39.9 Å². The molecule has 3 heterocycles. The van der Waals surface area contributed by atoms with Crippen LogP contribution in [-0.2, 0) is 23.8 Å². The summed E-state index contributed by atoms with van der Waals surface area (Å²) in [6, 6.07) is 0.0531. The number of hydrogen-bond acceptors (Lipinski definition) is 14. The number of ether oxygens (including phenoxy) is 4. The number of aliphatic hydroxyl groups excluding tert-OH is 2. The molecule has 334 valence electrons. The topological polar surface area (TPSA) is 226 Å². The maximum absolute atomic E-state index is 14.5. The van der Waals surface area contributed by atoms with Crippen molar-refractivity contribution in [3.8, 4) is 23.0 Å². The predicted octanol–water partition coefficient (Wildman–Crippen LogP) is 6.79. The van der Waals surface area contributed by atoms with Gasteiger partial charge in [-0.2, -0.15) is 5.10 Å². The Bertz CT molecular complexity index is 2090. The number of fused-ring (bicyclic) bond motifs is 14. The minimum absolute atomic E-state index is 0.0531. The molecule has 7 N–H and O–H groups in total. The lowest BCUT2D eigenvalue weighted by molar-refractivity contribution is -0.160. The van der Waals surface area contributed by atoms with Crippen LogP contribution in [-0.4, -0.2) is 92.8 Å². The van der Waals surface area contributed by atoms with Gasteiger partial charge in [0.2, 0.25) is 0 Å². The van der Waals surface area contributed by atoms with E-state index < -0.39 is 88.8 Å². The molecule has 3 aliphatic heterocycles. The third kappa shape index (κ3) is 9.84. The summed E-state index contributed by atoms with van der Waals surface area (Å²) in [5, 5.41) is 65.2. The Morgan fingerprint density at radius 3 is 2.21 bits per heavy atom. The Hall–Kier alpha value is -5.12. The Morgan fingerprint density at radius 1 is 0.918 bits per heavy atom. The van der Waals surface area contributed by atoms with Crippen LogP contribution in [0.3, 0.4) is 0 Å². The molecule has 1 aliphatic carbocycles. The van der Waals surface area contributed by atoms with E-state index in [2.05, 4.69) is 15.8 Å². The standard InChI is InChI=1S/C46H63N3O12/c1-23-16-15-17-24(2)45(57)48-36-31(22-47-49-30-18-13-11-10-12-14-19-30)40(54)33-34(41(36)55)39(53)28(6)43-35(33)44(56)46(8,61-43)59-21-20-32(58-9)25(3)42(60-29(7)50)27(5)38(52)26(4)37(23)51/h15-17,20-23,25-27,30,32,37-38,42,49,51-55H,10-14,18-19H2,1-9H3,(H,48,57)/b16-15+,21-20+,24-17-,47-22+. The molecule has 61 heavy (non-hydrogen) atoms. The number of nitrogens with zero attached hydrogens (tertiary/aromatic N) is 1. The number of amides is 1. The van der Waals surface area contributed by atoms with E-state index in [1.807, 2.05) is 0 Å². The first-order valence-electron chi connectivity index (χ1n) is 21.2. The first kappa shape index (κ1) is 46.9. The number of aliphatic hydroxyl groups is 2. The zero-order valence-electron chi connectivity index (χ0n) is 36.7. The first-order chi connectivity index (χ1) is 28.8. The zero-order chi connectivity index (χ0) is 44.9. The van der Waals surface area contributed by atoms with Gasteiger partial charge < -0.3 is 55.2 Å². The van der Waals surface area contributed by atoms with Crippen molar-refractivity contribution in [3.63, 3.8) is 0 Å². The molecule has 15 heteroatoms. The molecule has 9 atom stereocenters. The second-order valence-corrected chi connectivity index (χ2v) is 17.0. The summed E-state index contributed by atoms with van der Waals surface area (Å²) in [6.45, 7) is 12.6. The molecule has 15 nitrogen and oxygen atoms in total. The summed E-state index contributed by atoms with van der Waals surface area (Å²) >= 11 is 0. The average Bonchev–Trinajstić information content (AvgIpc) is 3.47. The largest absolute Gasteiger partial charge is 0.507 e. The molecule has 6 rings (SSSR count). The van der Waals surface area contributed by atoms with Gasteiger partial charge in [-0.3, -0.25) is 14.4 Å². The molecule has 1 fully saturated rings. The van der Waals surface area contributed by atoms with Gasteiger partial charge in [0.25, 0.3) is 11.7 Å². The van der Waals surface area contributed by atoms with Crippen molar-refractivity contribution in [2.45, 2.75) is 137 Å². The van der Waals surface area contributed by atoms with E-state index >= 15 is 0 Å². The van der Waals surface area contributed by atoms with Gasteiger partial charge in [-0.15, -0.1) is 0 Å². The van der Waals surface area contributed by atoms with Gasteiger partial charge in [-0.25, -0.2) is 0 Å². The van der Waals surface area contributed by atoms with Gasteiger partial charge in [0.1, 0.15) is 23.4 Å². The van der Waals surface area contributed by atoms with Crippen LogP contribution in [0.1, 0.15) is 115 Å². The van der Waals surface area contributed by atoms with E-state index in [1.165, 1.54) is 65.9 Å². The highest BCUT2D eigenvalue weighted by molar-refractivity contribution is 6.23. The second-order valence-electron chi connectivity index (χ2n) is 17.0. The van der Waals surface area contributed by atoms with Crippen molar-refractivity contribution in [1.82, 2.24) is 5.43 Å². The fourth-order valence-corrected chi connectivity index (χ4v) is 8.67. The minimum atomic E-state index is -2.04. The fraction of sp³-hybridized carbons (Fsp3) is 0.565. The van der Waals surface area contributed by atoms with Crippen LogP contribution in [0.4, 0.5) is 5.69 Å². The van der Waals surface area contributed by atoms with Gasteiger partial charge in [0, 0.05) is 67.2 Å². The molecule has 1 saturated carbocycles. The highest BCUT2D eigenvalue weighted by Gasteiger charge is 2.50. The van der Waals surface area contributed by atoms with E-state index in [0.717, 1.165) is 38.5 Å². The third-order valence-corrected chi connectivity index (χ3v) is 12.6. The first-order valence-corrected chi connectivity index (χ1v) is 21.2. The van der Waals surface area contributed by atoms with Crippen molar-refractivity contribution in [1.29, 1.82) is 0 Å². The Morgan fingerprint density at radius 2 is 1.57 bits per heavy atom. The van der Waals surface area contributed by atoms with Crippen molar-refractivity contribution in [3.05, 3.63) is 52.8 Å². The highest BCUT2D eigenvalue weighted by atomic mass is 16.7. The quantitative estimate of drug-likeness (QED) is 0.0542. The lowest BCUT2D eigenvalue weighted by Gasteiger charge is -2.38. The number of benzene rings is 2. The maximum atomic E-state index is 14.5. The summed E-state index contributed by atoms with van der Waals surface area (Å²) in [4.78, 5) is 40.6. The van der Waals surface area contributed by atoms with E-state index in [-0.39, 0.29) is 50.5 Å². The van der Waals surface area contributed by atoms with Crippen LogP contribution in [0.2, 0.25) is 0 Å². The van der Waals surface area contributed by atoms with Gasteiger partial charge in [-0.1, -0.05) is 78.0 Å². The Balaban J connectivity index is 1.68. The molecule has 4 aliphatic rings. The Kier molecular flexibility index (Phi) is 15.2. The lowest BCUT2D eigenvalue weighted by atomic mass is 9.78. The maximum Gasteiger partial charge on any atom is 0.312 e. The third-order valence-electron chi connectivity index (χ3n) is 12.6. The molecule has 0 radical (unpaired) electrons. The molecule has 0 aromatic heterocycles. The number of anilines is 1. The predicted molar refractivity (Wildman–Crippen MR) is 231 cm³/mol. The van der Waals surface area contributed by atoms with Crippen LogP contribution in [0.25, 0.3) is 10.8 Å². The number of methoxy groups -OCH3 is 1. The number of carbonyl (C=O) groups excluding carboxylic acids is 3. The van der Waals surface area contributed by atoms with Crippen molar-refractivity contribution in [2.24, 2.45) is 28.8 Å². The number of phenolic OH excluding ortho intramolecular Hbond substituents is 3. The normalized spacial score (nSPS) is 31.7. The number of Topliss-reactive ketones (excluding diaryl/α,β-unsaturated/α-hetero) is 1. The zero-order valence-corrected chi connectivity index (χ0v) is 36.7. The molecular formula is C46H63N3O12. The van der Waals surface area contributed by atoms with Gasteiger partial charge in [0.15, 0.2) is 5.75 Å². The molecule has 1 amide bonds. The van der Waals surface area contributed by atoms with Crippen LogP contribution in [0.15, 0.2) is 41.2 Å². The molecule has 0 saturated heterocycles. The second kappa shape index (κ2) is 19.7. The number of nitrogens with one attached hydrogen (secondary N) is 2.